The minimum Gasteiger partial charge on any atom is -0.497 e. The number of piperazine rings is 1. The smallest absolute Gasteiger partial charge is 0.236 e. The van der Waals surface area contributed by atoms with E-state index < -0.39 is 0 Å². The SMILES string of the molecule is COc1ccc2[nH]cc(CN3CCNCC3=O)c2c1. The van der Waals surface area contributed by atoms with Crippen LogP contribution in [0.4, 0.5) is 0 Å². The van der Waals surface area contributed by atoms with Gasteiger partial charge in [-0.15, -0.1) is 0 Å². The maximum absolute atomic E-state index is 11.8. The number of aromatic nitrogens is 1. The van der Waals surface area contributed by atoms with Crippen LogP contribution in [0.1, 0.15) is 5.56 Å². The molecule has 1 aliphatic heterocycles. The molecular weight excluding hydrogens is 242 g/mol. The number of fused-ring (bicyclic) bond motifs is 1. The molecule has 0 aliphatic carbocycles. The van der Waals surface area contributed by atoms with Gasteiger partial charge in [0.1, 0.15) is 5.75 Å². The summed E-state index contributed by atoms with van der Waals surface area (Å²) in [6.07, 6.45) is 1.97. The quantitative estimate of drug-likeness (QED) is 0.868. The van der Waals surface area contributed by atoms with Gasteiger partial charge in [0.2, 0.25) is 5.91 Å². The Balaban J connectivity index is 1.89. The molecule has 2 aromatic rings. The summed E-state index contributed by atoms with van der Waals surface area (Å²) in [6, 6.07) is 5.93. The number of nitrogens with one attached hydrogen (secondary N) is 2. The van der Waals surface area contributed by atoms with Crippen LogP contribution in [0, 0.1) is 0 Å². The fraction of sp³-hybridized carbons (Fsp3) is 0.357. The Labute approximate surface area is 111 Å². The van der Waals surface area contributed by atoms with Crippen molar-refractivity contribution in [1.29, 1.82) is 0 Å². The first-order chi connectivity index (χ1) is 9.28. The molecule has 0 spiro atoms. The van der Waals surface area contributed by atoms with Gasteiger partial charge >= 0.3 is 0 Å². The molecular formula is C14H17N3O2. The molecule has 3 rings (SSSR count). The highest BCUT2D eigenvalue weighted by Crippen LogP contribution is 2.24. The second-order valence-corrected chi connectivity index (χ2v) is 4.72. The number of aromatic amines is 1. The molecule has 2 N–H and O–H groups in total. The van der Waals surface area contributed by atoms with Gasteiger partial charge in [-0.05, 0) is 23.8 Å². The summed E-state index contributed by atoms with van der Waals surface area (Å²) in [5.41, 5.74) is 2.20. The number of benzene rings is 1. The fourth-order valence-corrected chi connectivity index (χ4v) is 2.43. The highest BCUT2D eigenvalue weighted by atomic mass is 16.5. The van der Waals surface area contributed by atoms with Gasteiger partial charge in [-0.25, -0.2) is 0 Å². The topological polar surface area (TPSA) is 57.4 Å². The predicted octanol–water partition coefficient (Wildman–Crippen LogP) is 1.11. The molecule has 2 heterocycles. The number of methoxy groups -OCH3 is 1. The van der Waals surface area contributed by atoms with Crippen molar-refractivity contribution in [3.8, 4) is 5.75 Å². The van der Waals surface area contributed by atoms with Crippen molar-refractivity contribution < 1.29 is 9.53 Å². The van der Waals surface area contributed by atoms with Crippen molar-refractivity contribution >= 4 is 16.8 Å². The summed E-state index contributed by atoms with van der Waals surface area (Å²) in [6.45, 7) is 2.70. The standard InChI is InChI=1S/C14H17N3O2/c1-19-11-2-3-13-12(6-11)10(7-16-13)9-17-5-4-15-8-14(17)18/h2-3,6-7,15-16H,4-5,8-9H2,1H3. The average Bonchev–Trinajstić information content (AvgIpc) is 2.84. The third kappa shape index (κ3) is 2.29. The van der Waals surface area contributed by atoms with E-state index in [1.807, 2.05) is 29.3 Å². The van der Waals surface area contributed by atoms with Gasteiger partial charge < -0.3 is 19.9 Å². The van der Waals surface area contributed by atoms with Crippen molar-refractivity contribution in [3.63, 3.8) is 0 Å². The first-order valence-corrected chi connectivity index (χ1v) is 6.40. The van der Waals surface area contributed by atoms with E-state index in [0.29, 0.717) is 13.1 Å². The molecule has 0 radical (unpaired) electrons. The van der Waals surface area contributed by atoms with Crippen LogP contribution in [0.15, 0.2) is 24.4 Å². The van der Waals surface area contributed by atoms with Gasteiger partial charge in [0.05, 0.1) is 13.7 Å². The molecule has 100 valence electrons. The van der Waals surface area contributed by atoms with Gasteiger partial charge in [0.15, 0.2) is 0 Å². The zero-order valence-corrected chi connectivity index (χ0v) is 10.9. The van der Waals surface area contributed by atoms with Crippen LogP contribution in [0.3, 0.4) is 0 Å². The van der Waals surface area contributed by atoms with Crippen LogP contribution in [0.2, 0.25) is 0 Å². The first-order valence-electron chi connectivity index (χ1n) is 6.40. The zero-order valence-electron chi connectivity index (χ0n) is 10.9. The fourth-order valence-electron chi connectivity index (χ4n) is 2.43. The lowest BCUT2D eigenvalue weighted by Crippen LogP contribution is -2.47. The first kappa shape index (κ1) is 12.0. The Kier molecular flexibility index (Phi) is 3.13. The maximum Gasteiger partial charge on any atom is 0.236 e. The van der Waals surface area contributed by atoms with Crippen LogP contribution in [0.25, 0.3) is 10.9 Å². The molecule has 0 saturated carbocycles. The van der Waals surface area contributed by atoms with Gasteiger partial charge in [0.25, 0.3) is 0 Å². The number of nitrogens with zero attached hydrogens (tertiary/aromatic N) is 1. The van der Waals surface area contributed by atoms with Crippen molar-refractivity contribution in [3.05, 3.63) is 30.0 Å². The van der Waals surface area contributed by atoms with E-state index in [0.717, 1.165) is 35.3 Å². The molecule has 1 aromatic heterocycles. The van der Waals surface area contributed by atoms with Crippen LogP contribution in [0.5, 0.6) is 5.75 Å². The number of hydrogen-bond acceptors (Lipinski definition) is 3. The van der Waals surface area contributed by atoms with Gasteiger partial charge in [-0.2, -0.15) is 0 Å². The zero-order chi connectivity index (χ0) is 13.2. The van der Waals surface area contributed by atoms with Crippen molar-refractivity contribution in [2.24, 2.45) is 0 Å². The predicted molar refractivity (Wildman–Crippen MR) is 73.1 cm³/mol. The number of H-pyrrole nitrogens is 1. The van der Waals surface area contributed by atoms with Crippen LogP contribution in [-0.2, 0) is 11.3 Å². The summed E-state index contributed by atoms with van der Waals surface area (Å²) in [4.78, 5) is 16.9. The third-order valence-electron chi connectivity index (χ3n) is 3.52. The number of hydrogen-bond donors (Lipinski definition) is 2. The number of ether oxygens (including phenoxy) is 1. The number of amides is 1. The summed E-state index contributed by atoms with van der Waals surface area (Å²) in [5.74, 6) is 0.989. The van der Waals surface area contributed by atoms with E-state index in [-0.39, 0.29) is 5.91 Å². The maximum atomic E-state index is 11.8. The Bertz CT molecular complexity index is 606. The summed E-state index contributed by atoms with van der Waals surface area (Å²) in [7, 11) is 1.66. The molecule has 1 saturated heterocycles. The van der Waals surface area contributed by atoms with Crippen LogP contribution >= 0.6 is 0 Å². The molecule has 0 unspecified atom stereocenters. The summed E-state index contributed by atoms with van der Waals surface area (Å²) >= 11 is 0. The number of carbonyl (C=O) groups excluding carboxylic acids is 1. The summed E-state index contributed by atoms with van der Waals surface area (Å²) in [5, 5.41) is 4.20. The molecule has 1 fully saturated rings. The number of rotatable bonds is 3. The Morgan fingerprint density at radius 3 is 3.11 bits per heavy atom. The normalized spacial score (nSPS) is 16.1. The van der Waals surface area contributed by atoms with Crippen molar-refractivity contribution in [2.75, 3.05) is 26.7 Å². The van der Waals surface area contributed by atoms with Gasteiger partial charge in [-0.1, -0.05) is 0 Å². The Hall–Kier alpha value is -2.01. The van der Waals surface area contributed by atoms with Crippen LogP contribution in [-0.4, -0.2) is 42.5 Å². The van der Waals surface area contributed by atoms with E-state index in [9.17, 15) is 4.79 Å². The van der Waals surface area contributed by atoms with E-state index in [4.69, 9.17) is 4.74 Å². The lowest BCUT2D eigenvalue weighted by molar-refractivity contribution is -0.132. The molecule has 1 amide bonds. The van der Waals surface area contributed by atoms with Crippen LogP contribution < -0.4 is 10.1 Å². The largest absolute Gasteiger partial charge is 0.497 e. The second kappa shape index (κ2) is 4.93. The lowest BCUT2D eigenvalue weighted by atomic mass is 10.1. The molecule has 1 aromatic carbocycles. The minimum atomic E-state index is 0.156. The monoisotopic (exact) mass is 259 g/mol. The lowest BCUT2D eigenvalue weighted by Gasteiger charge is -2.27. The van der Waals surface area contributed by atoms with E-state index in [1.165, 1.54) is 0 Å². The molecule has 5 nitrogen and oxygen atoms in total. The summed E-state index contributed by atoms with van der Waals surface area (Å²) < 4.78 is 5.25. The molecule has 19 heavy (non-hydrogen) atoms. The van der Waals surface area contributed by atoms with E-state index in [2.05, 4.69) is 10.3 Å². The van der Waals surface area contributed by atoms with Gasteiger partial charge in [0, 0.05) is 36.7 Å². The third-order valence-corrected chi connectivity index (χ3v) is 3.52. The minimum absolute atomic E-state index is 0.156. The molecule has 1 aliphatic rings. The van der Waals surface area contributed by atoms with Crippen molar-refractivity contribution in [2.45, 2.75) is 6.54 Å². The second-order valence-electron chi connectivity index (χ2n) is 4.72. The van der Waals surface area contributed by atoms with Gasteiger partial charge in [-0.3, -0.25) is 4.79 Å². The van der Waals surface area contributed by atoms with E-state index >= 15 is 0 Å². The Morgan fingerprint density at radius 2 is 2.32 bits per heavy atom. The molecule has 0 bridgehead atoms. The molecule has 0 atom stereocenters. The number of carbonyl (C=O) groups is 1. The highest BCUT2D eigenvalue weighted by Gasteiger charge is 2.18. The average molecular weight is 259 g/mol. The molecule has 5 heteroatoms. The Morgan fingerprint density at radius 1 is 1.42 bits per heavy atom. The van der Waals surface area contributed by atoms with Crippen molar-refractivity contribution in [1.82, 2.24) is 15.2 Å². The van der Waals surface area contributed by atoms with E-state index in [1.54, 1.807) is 7.11 Å². The highest BCUT2D eigenvalue weighted by molar-refractivity contribution is 5.85.